The summed E-state index contributed by atoms with van der Waals surface area (Å²) in [7, 11) is 2.09. The maximum absolute atomic E-state index is 6.15. The fraction of sp³-hybridized carbons (Fsp3) is 0.615. The third kappa shape index (κ3) is 4.44. The van der Waals surface area contributed by atoms with Crippen LogP contribution in [0.1, 0.15) is 32.9 Å². The molecule has 4 nitrogen and oxygen atoms in total. The Bertz CT molecular complexity index is 381. The minimum Gasteiger partial charge on any atom is -0.308 e. The van der Waals surface area contributed by atoms with Crippen LogP contribution in [0.5, 0.6) is 0 Å². The smallest absolute Gasteiger partial charge is 0.140 e. The molecule has 0 bridgehead atoms. The molecule has 0 saturated carbocycles. The fourth-order valence-corrected chi connectivity index (χ4v) is 2.09. The van der Waals surface area contributed by atoms with Crippen molar-refractivity contribution in [3.63, 3.8) is 0 Å². The molecule has 1 atom stereocenters. The van der Waals surface area contributed by atoms with E-state index in [1.54, 1.807) is 6.07 Å². The van der Waals surface area contributed by atoms with Gasteiger partial charge in [-0.25, -0.2) is 10.8 Å². The Hall–Kier alpha value is -0.840. The van der Waals surface area contributed by atoms with Crippen molar-refractivity contribution in [2.24, 2.45) is 11.8 Å². The summed E-state index contributed by atoms with van der Waals surface area (Å²) in [6.45, 7) is 7.41. The molecular formula is C13H23ClN4. The summed E-state index contributed by atoms with van der Waals surface area (Å²) in [6.07, 6.45) is 1.16. The summed E-state index contributed by atoms with van der Waals surface area (Å²) < 4.78 is 0. The van der Waals surface area contributed by atoms with Gasteiger partial charge in [0.2, 0.25) is 0 Å². The van der Waals surface area contributed by atoms with Gasteiger partial charge >= 0.3 is 0 Å². The number of nitrogen functional groups attached to an aromatic ring is 1. The highest BCUT2D eigenvalue weighted by atomic mass is 35.5. The molecule has 0 saturated heterocycles. The predicted molar refractivity (Wildman–Crippen MR) is 77.4 cm³/mol. The van der Waals surface area contributed by atoms with Crippen LogP contribution in [0.4, 0.5) is 5.82 Å². The van der Waals surface area contributed by atoms with E-state index in [1.807, 2.05) is 6.07 Å². The Labute approximate surface area is 114 Å². The lowest BCUT2D eigenvalue weighted by Crippen LogP contribution is -2.30. The van der Waals surface area contributed by atoms with Crippen molar-refractivity contribution in [3.05, 3.63) is 22.8 Å². The average molecular weight is 271 g/mol. The second-order valence-electron chi connectivity index (χ2n) is 5.16. The number of aromatic nitrogens is 1. The average Bonchev–Trinajstić information content (AvgIpc) is 2.31. The minimum absolute atomic E-state index is 0.498. The molecule has 1 heterocycles. The summed E-state index contributed by atoms with van der Waals surface area (Å²) >= 11 is 6.15. The first-order valence-corrected chi connectivity index (χ1v) is 6.64. The molecule has 18 heavy (non-hydrogen) atoms. The molecule has 0 aliphatic rings. The van der Waals surface area contributed by atoms with Gasteiger partial charge in [-0.3, -0.25) is 4.90 Å². The van der Waals surface area contributed by atoms with E-state index in [2.05, 4.69) is 43.1 Å². The monoisotopic (exact) mass is 270 g/mol. The number of rotatable bonds is 6. The van der Waals surface area contributed by atoms with Gasteiger partial charge < -0.3 is 5.43 Å². The van der Waals surface area contributed by atoms with Gasteiger partial charge in [-0.05, 0) is 38.4 Å². The molecule has 0 aliphatic heterocycles. The lowest BCUT2D eigenvalue weighted by atomic mass is 10.0. The number of anilines is 1. The Balaban J connectivity index is 2.71. The lowest BCUT2D eigenvalue weighted by molar-refractivity contribution is 0.218. The highest BCUT2D eigenvalue weighted by Crippen LogP contribution is 2.19. The molecule has 0 fully saturated rings. The first-order valence-electron chi connectivity index (χ1n) is 6.26. The van der Waals surface area contributed by atoms with Crippen LogP contribution in [0.25, 0.3) is 0 Å². The van der Waals surface area contributed by atoms with Crippen molar-refractivity contribution < 1.29 is 0 Å². The van der Waals surface area contributed by atoms with Crippen LogP contribution in [-0.4, -0.2) is 23.0 Å². The van der Waals surface area contributed by atoms with Gasteiger partial charge in [-0.1, -0.05) is 25.4 Å². The van der Waals surface area contributed by atoms with Gasteiger partial charge in [0.1, 0.15) is 5.82 Å². The predicted octanol–water partition coefficient (Wildman–Crippen LogP) is 2.89. The van der Waals surface area contributed by atoms with Gasteiger partial charge in [-0.15, -0.1) is 0 Å². The van der Waals surface area contributed by atoms with Crippen molar-refractivity contribution >= 4 is 17.4 Å². The number of nitrogens with zero attached hydrogens (tertiary/aromatic N) is 2. The Morgan fingerprint density at radius 3 is 2.61 bits per heavy atom. The van der Waals surface area contributed by atoms with E-state index >= 15 is 0 Å². The number of nitrogens with one attached hydrogen (secondary N) is 1. The molecule has 5 heteroatoms. The summed E-state index contributed by atoms with van der Waals surface area (Å²) in [5, 5.41) is 0.678. The number of hydrogen-bond donors (Lipinski definition) is 2. The van der Waals surface area contributed by atoms with Gasteiger partial charge in [0.25, 0.3) is 0 Å². The van der Waals surface area contributed by atoms with E-state index in [0.717, 1.165) is 18.7 Å². The Morgan fingerprint density at radius 1 is 1.39 bits per heavy atom. The summed E-state index contributed by atoms with van der Waals surface area (Å²) in [5.74, 6) is 6.68. The number of nitrogens with two attached hydrogens (primary N) is 1. The van der Waals surface area contributed by atoms with E-state index in [-0.39, 0.29) is 0 Å². The minimum atomic E-state index is 0.498. The molecule has 1 aromatic rings. The molecule has 0 amide bonds. The van der Waals surface area contributed by atoms with Crippen molar-refractivity contribution in [2.45, 2.75) is 39.8 Å². The van der Waals surface area contributed by atoms with E-state index in [9.17, 15) is 0 Å². The lowest BCUT2D eigenvalue weighted by Gasteiger charge is -2.26. The third-order valence-corrected chi connectivity index (χ3v) is 3.37. The molecule has 102 valence electrons. The van der Waals surface area contributed by atoms with Crippen LogP contribution in [0.2, 0.25) is 5.02 Å². The third-order valence-electron chi connectivity index (χ3n) is 3.03. The molecule has 0 spiro atoms. The number of hydrogen-bond acceptors (Lipinski definition) is 4. The van der Waals surface area contributed by atoms with Crippen molar-refractivity contribution in [1.82, 2.24) is 9.88 Å². The van der Waals surface area contributed by atoms with E-state index in [1.165, 1.54) is 0 Å². The number of hydrazine groups is 1. The molecule has 0 radical (unpaired) electrons. The standard InChI is InChI=1S/C13H23ClN4/c1-9(2)7-10(3)18(4)8-12-11(14)5-6-13(16-12)17-15/h5-6,9-10H,7-8,15H2,1-4H3,(H,16,17). The largest absolute Gasteiger partial charge is 0.308 e. The van der Waals surface area contributed by atoms with Crippen LogP contribution in [0, 0.1) is 5.92 Å². The highest BCUT2D eigenvalue weighted by Gasteiger charge is 2.14. The highest BCUT2D eigenvalue weighted by molar-refractivity contribution is 6.31. The molecule has 1 aromatic heterocycles. The fourth-order valence-electron chi connectivity index (χ4n) is 1.93. The van der Waals surface area contributed by atoms with Crippen LogP contribution < -0.4 is 11.3 Å². The van der Waals surface area contributed by atoms with Crippen molar-refractivity contribution in [1.29, 1.82) is 0 Å². The SMILES string of the molecule is CC(C)CC(C)N(C)Cc1nc(NN)ccc1Cl. The molecule has 0 aromatic carbocycles. The van der Waals surface area contributed by atoms with Crippen LogP contribution in [0.3, 0.4) is 0 Å². The maximum Gasteiger partial charge on any atom is 0.140 e. The zero-order valence-electron chi connectivity index (χ0n) is 11.6. The first kappa shape index (κ1) is 15.2. The van der Waals surface area contributed by atoms with Gasteiger partial charge in [0.05, 0.1) is 10.7 Å². The molecule has 1 rings (SSSR count). The zero-order chi connectivity index (χ0) is 13.7. The number of halogens is 1. The van der Waals surface area contributed by atoms with Gasteiger partial charge in [0.15, 0.2) is 0 Å². The molecule has 1 unspecified atom stereocenters. The quantitative estimate of drug-likeness (QED) is 0.617. The van der Waals surface area contributed by atoms with Crippen LogP contribution in [0.15, 0.2) is 12.1 Å². The molecule has 3 N–H and O–H groups in total. The molecule has 0 aliphatic carbocycles. The Kier molecular flexibility index (Phi) is 5.85. The summed E-state index contributed by atoms with van der Waals surface area (Å²) in [4.78, 5) is 6.64. The topological polar surface area (TPSA) is 54.2 Å². The van der Waals surface area contributed by atoms with Gasteiger partial charge in [0, 0.05) is 12.6 Å². The van der Waals surface area contributed by atoms with Crippen molar-refractivity contribution in [3.8, 4) is 0 Å². The molecular weight excluding hydrogens is 248 g/mol. The van der Waals surface area contributed by atoms with Crippen molar-refractivity contribution in [2.75, 3.05) is 12.5 Å². The second kappa shape index (κ2) is 6.92. The van der Waals surface area contributed by atoms with E-state index in [0.29, 0.717) is 22.8 Å². The summed E-state index contributed by atoms with van der Waals surface area (Å²) in [5.41, 5.74) is 3.39. The Morgan fingerprint density at radius 2 is 2.06 bits per heavy atom. The summed E-state index contributed by atoms with van der Waals surface area (Å²) in [6, 6.07) is 4.08. The zero-order valence-corrected chi connectivity index (χ0v) is 12.3. The van der Waals surface area contributed by atoms with E-state index in [4.69, 9.17) is 17.4 Å². The van der Waals surface area contributed by atoms with E-state index < -0.39 is 0 Å². The maximum atomic E-state index is 6.15. The number of pyridine rings is 1. The second-order valence-corrected chi connectivity index (χ2v) is 5.57. The first-order chi connectivity index (χ1) is 8.43. The normalized spacial score (nSPS) is 13.1. The van der Waals surface area contributed by atoms with Crippen LogP contribution in [-0.2, 0) is 6.54 Å². The van der Waals surface area contributed by atoms with Gasteiger partial charge in [-0.2, -0.15) is 0 Å². The van der Waals surface area contributed by atoms with Crippen LogP contribution >= 0.6 is 11.6 Å².